The number of carbonyl (C=O) groups is 1. The lowest BCUT2D eigenvalue weighted by molar-refractivity contribution is 0.0108. The predicted octanol–water partition coefficient (Wildman–Crippen LogP) is 3.32. The summed E-state index contributed by atoms with van der Waals surface area (Å²) in [4.78, 5) is 23.4. The summed E-state index contributed by atoms with van der Waals surface area (Å²) in [7, 11) is 0. The molecule has 1 aliphatic heterocycles. The summed E-state index contributed by atoms with van der Waals surface area (Å²) in [5.74, 6) is 0.665. The van der Waals surface area contributed by atoms with E-state index >= 15 is 0 Å². The lowest BCUT2D eigenvalue weighted by Crippen LogP contribution is -2.50. The Morgan fingerprint density at radius 2 is 2.04 bits per heavy atom. The number of piperazine rings is 1. The van der Waals surface area contributed by atoms with E-state index in [1.165, 1.54) is 18.4 Å². The molecule has 0 spiro atoms. The molecule has 1 saturated heterocycles. The van der Waals surface area contributed by atoms with Crippen molar-refractivity contribution in [2.45, 2.75) is 58.1 Å². The zero-order valence-corrected chi connectivity index (χ0v) is 15.4. The van der Waals surface area contributed by atoms with Crippen molar-refractivity contribution in [1.82, 2.24) is 20.2 Å². The highest BCUT2D eigenvalue weighted by Gasteiger charge is 2.33. The zero-order chi connectivity index (χ0) is 17.9. The van der Waals surface area contributed by atoms with Crippen molar-refractivity contribution in [3.8, 4) is 0 Å². The summed E-state index contributed by atoms with van der Waals surface area (Å²) < 4.78 is 5.54. The molecule has 1 fully saturated rings. The number of hydrogen-bond acceptors (Lipinski definition) is 5. The topological polar surface area (TPSA) is 67.3 Å². The van der Waals surface area contributed by atoms with Gasteiger partial charge in [0, 0.05) is 37.6 Å². The molecule has 6 heteroatoms. The second-order valence-corrected chi connectivity index (χ2v) is 7.70. The molecule has 0 saturated carbocycles. The molecule has 1 unspecified atom stereocenters. The van der Waals surface area contributed by atoms with E-state index in [4.69, 9.17) is 4.74 Å². The minimum Gasteiger partial charge on any atom is -0.444 e. The zero-order valence-electron chi connectivity index (χ0n) is 15.4. The number of carbonyl (C=O) groups excluding carboxylic acids is 1. The molecule has 1 aromatic heterocycles. The molecule has 0 radical (unpaired) electrons. The smallest absolute Gasteiger partial charge is 0.411 e. The quantitative estimate of drug-likeness (QED) is 0.891. The number of hydrogen-bond donors (Lipinski definition) is 1. The Bertz CT molecular complexity index is 634. The molecule has 1 aromatic rings. The van der Waals surface area contributed by atoms with E-state index in [0.29, 0.717) is 18.9 Å². The van der Waals surface area contributed by atoms with Crippen molar-refractivity contribution < 1.29 is 9.53 Å². The first-order valence-electron chi connectivity index (χ1n) is 9.16. The first-order chi connectivity index (χ1) is 11.9. The van der Waals surface area contributed by atoms with Crippen LogP contribution in [0.15, 0.2) is 18.5 Å². The van der Waals surface area contributed by atoms with Crippen molar-refractivity contribution in [3.05, 3.63) is 29.9 Å². The average Bonchev–Trinajstić information content (AvgIpc) is 2.61. The number of rotatable bonds is 2. The predicted molar refractivity (Wildman–Crippen MR) is 97.0 cm³/mol. The van der Waals surface area contributed by atoms with Crippen LogP contribution >= 0.6 is 0 Å². The summed E-state index contributed by atoms with van der Waals surface area (Å²) in [6.45, 7) is 7.62. The fourth-order valence-electron chi connectivity index (χ4n) is 3.25. The standard InChI is InChI=1S/C19H28N4O2/c1-19(2,3)25-18(24)23-10-9-20-13-16(23)17-21-11-15(12-22-17)14-7-5-4-6-8-14/h7,11-12,16,20H,4-6,8-10,13H2,1-3H3. The van der Waals surface area contributed by atoms with Crippen molar-refractivity contribution in [2.75, 3.05) is 19.6 Å². The van der Waals surface area contributed by atoms with Crippen molar-refractivity contribution in [1.29, 1.82) is 0 Å². The number of nitrogens with one attached hydrogen (secondary N) is 1. The SMILES string of the molecule is CC(C)(C)OC(=O)N1CCNCC1c1ncc(C2=CCCCC2)cn1. The summed E-state index contributed by atoms with van der Waals surface area (Å²) in [6.07, 6.45) is 10.5. The van der Waals surface area contributed by atoms with Crippen LogP contribution in [0.2, 0.25) is 0 Å². The van der Waals surface area contributed by atoms with E-state index in [1.807, 2.05) is 33.2 Å². The third-order valence-corrected chi connectivity index (χ3v) is 4.50. The van der Waals surface area contributed by atoms with Gasteiger partial charge >= 0.3 is 6.09 Å². The Morgan fingerprint density at radius 1 is 1.28 bits per heavy atom. The normalized spacial score (nSPS) is 21.6. The summed E-state index contributed by atoms with van der Waals surface area (Å²) in [5, 5.41) is 3.32. The van der Waals surface area contributed by atoms with Crippen LogP contribution in [0.1, 0.15) is 63.9 Å². The molecule has 25 heavy (non-hydrogen) atoms. The number of ether oxygens (including phenoxy) is 1. The van der Waals surface area contributed by atoms with E-state index in [-0.39, 0.29) is 12.1 Å². The van der Waals surface area contributed by atoms with Gasteiger partial charge in [-0.2, -0.15) is 0 Å². The lowest BCUT2D eigenvalue weighted by Gasteiger charge is -2.36. The van der Waals surface area contributed by atoms with E-state index in [9.17, 15) is 4.79 Å². The molecule has 0 bridgehead atoms. The van der Waals surface area contributed by atoms with Gasteiger partial charge in [-0.25, -0.2) is 14.8 Å². The van der Waals surface area contributed by atoms with Crippen molar-refractivity contribution >= 4 is 11.7 Å². The average molecular weight is 344 g/mol. The van der Waals surface area contributed by atoms with Gasteiger partial charge in [-0.05, 0) is 52.0 Å². The minimum absolute atomic E-state index is 0.196. The van der Waals surface area contributed by atoms with Gasteiger partial charge in [0.1, 0.15) is 11.6 Å². The van der Waals surface area contributed by atoms with Crippen LogP contribution in [0.4, 0.5) is 4.79 Å². The van der Waals surface area contributed by atoms with Crippen LogP contribution in [0.3, 0.4) is 0 Å². The second-order valence-electron chi connectivity index (χ2n) is 7.70. The highest BCUT2D eigenvalue weighted by Crippen LogP contribution is 2.27. The number of allylic oxidation sites excluding steroid dienone is 2. The third kappa shape index (κ3) is 4.57. The maximum Gasteiger partial charge on any atom is 0.411 e. The van der Waals surface area contributed by atoms with E-state index in [0.717, 1.165) is 24.9 Å². The van der Waals surface area contributed by atoms with Crippen molar-refractivity contribution in [2.24, 2.45) is 0 Å². The van der Waals surface area contributed by atoms with Crippen molar-refractivity contribution in [3.63, 3.8) is 0 Å². The summed E-state index contributed by atoms with van der Waals surface area (Å²) in [6, 6.07) is -0.196. The molecule has 2 aliphatic rings. The first kappa shape index (κ1) is 17.9. The van der Waals surface area contributed by atoms with Gasteiger partial charge in [0.15, 0.2) is 5.82 Å². The molecule has 136 valence electrons. The Balaban J connectivity index is 1.76. The van der Waals surface area contributed by atoms with Gasteiger partial charge in [0.05, 0.1) is 0 Å². The van der Waals surface area contributed by atoms with Gasteiger partial charge in [-0.3, -0.25) is 4.90 Å². The maximum absolute atomic E-state index is 12.5. The van der Waals surface area contributed by atoms with Crippen LogP contribution in [0.5, 0.6) is 0 Å². The second kappa shape index (κ2) is 7.52. The molecule has 1 N–H and O–H groups in total. The van der Waals surface area contributed by atoms with Crippen LogP contribution in [0.25, 0.3) is 5.57 Å². The van der Waals surface area contributed by atoms with Crippen LogP contribution in [-0.4, -0.2) is 46.2 Å². The van der Waals surface area contributed by atoms with Crippen LogP contribution in [-0.2, 0) is 4.74 Å². The summed E-state index contributed by atoms with van der Waals surface area (Å²) in [5.41, 5.74) is 1.92. The molecule has 2 heterocycles. The van der Waals surface area contributed by atoms with Gasteiger partial charge in [-0.15, -0.1) is 0 Å². The molecule has 0 aromatic carbocycles. The molecular formula is C19H28N4O2. The Labute approximate surface area is 149 Å². The van der Waals surface area contributed by atoms with E-state index in [2.05, 4.69) is 21.4 Å². The van der Waals surface area contributed by atoms with Gasteiger partial charge in [-0.1, -0.05) is 6.08 Å². The van der Waals surface area contributed by atoms with Gasteiger partial charge < -0.3 is 10.1 Å². The minimum atomic E-state index is -0.509. The highest BCUT2D eigenvalue weighted by atomic mass is 16.6. The fraction of sp³-hybridized carbons (Fsp3) is 0.632. The first-order valence-corrected chi connectivity index (χ1v) is 9.16. The largest absolute Gasteiger partial charge is 0.444 e. The molecule has 1 amide bonds. The van der Waals surface area contributed by atoms with E-state index < -0.39 is 5.60 Å². The maximum atomic E-state index is 12.5. The Hall–Kier alpha value is -1.95. The van der Waals surface area contributed by atoms with E-state index in [1.54, 1.807) is 4.90 Å². The lowest BCUT2D eigenvalue weighted by atomic mass is 9.95. The molecule has 3 rings (SSSR count). The number of amides is 1. The van der Waals surface area contributed by atoms with Gasteiger partial charge in [0.2, 0.25) is 0 Å². The third-order valence-electron chi connectivity index (χ3n) is 4.50. The molecular weight excluding hydrogens is 316 g/mol. The monoisotopic (exact) mass is 344 g/mol. The fourth-order valence-corrected chi connectivity index (χ4v) is 3.25. The number of nitrogens with zero attached hydrogens (tertiary/aromatic N) is 3. The van der Waals surface area contributed by atoms with Crippen LogP contribution < -0.4 is 5.32 Å². The molecule has 1 atom stereocenters. The van der Waals surface area contributed by atoms with Gasteiger partial charge in [0.25, 0.3) is 0 Å². The molecule has 1 aliphatic carbocycles. The summed E-state index contributed by atoms with van der Waals surface area (Å²) >= 11 is 0. The van der Waals surface area contributed by atoms with Crippen LogP contribution in [0, 0.1) is 0 Å². The number of aromatic nitrogens is 2. The Morgan fingerprint density at radius 3 is 2.68 bits per heavy atom. The molecule has 6 nitrogen and oxygen atoms in total. The highest BCUT2D eigenvalue weighted by molar-refractivity contribution is 5.69. The Kier molecular flexibility index (Phi) is 5.37.